The molecule has 2 atom stereocenters. The minimum absolute atomic E-state index is 0.0128. The molecular weight excluding hydrogens is 366 g/mol. The van der Waals surface area contributed by atoms with Gasteiger partial charge in [-0.05, 0) is 62.4 Å². The molecule has 1 amide bonds. The van der Waals surface area contributed by atoms with Crippen molar-refractivity contribution in [3.8, 4) is 5.75 Å². The molecule has 0 radical (unpaired) electrons. The van der Waals surface area contributed by atoms with Crippen molar-refractivity contribution < 1.29 is 9.53 Å². The zero-order valence-electron chi connectivity index (χ0n) is 18.1. The van der Waals surface area contributed by atoms with Crippen LogP contribution in [0.2, 0.25) is 0 Å². The summed E-state index contributed by atoms with van der Waals surface area (Å²) in [6.07, 6.45) is 4.01. The van der Waals surface area contributed by atoms with Crippen LogP contribution >= 0.6 is 0 Å². The van der Waals surface area contributed by atoms with Crippen LogP contribution in [0.15, 0.2) is 29.3 Å². The number of nitrogens with one attached hydrogen (secondary N) is 2. The third-order valence-corrected chi connectivity index (χ3v) is 5.63. The average molecular weight is 404 g/mol. The monoisotopic (exact) mass is 403 g/mol. The maximum absolute atomic E-state index is 11.4. The van der Waals surface area contributed by atoms with Gasteiger partial charge in [-0.15, -0.1) is 0 Å². The third-order valence-electron chi connectivity index (χ3n) is 5.63. The van der Waals surface area contributed by atoms with Crippen molar-refractivity contribution in [3.63, 3.8) is 0 Å². The van der Waals surface area contributed by atoms with Gasteiger partial charge in [-0.2, -0.15) is 0 Å². The van der Waals surface area contributed by atoms with E-state index in [2.05, 4.69) is 39.6 Å². The first kappa shape index (κ1) is 23.0. The predicted octanol–water partition coefficient (Wildman–Crippen LogP) is 1.94. The lowest BCUT2D eigenvalue weighted by atomic mass is 9.97. The van der Waals surface area contributed by atoms with Crippen molar-refractivity contribution in [2.45, 2.75) is 38.5 Å². The molecule has 7 heteroatoms. The fourth-order valence-electron chi connectivity index (χ4n) is 3.73. The van der Waals surface area contributed by atoms with Gasteiger partial charge in [0.15, 0.2) is 5.96 Å². The predicted molar refractivity (Wildman–Crippen MR) is 118 cm³/mol. The van der Waals surface area contributed by atoms with Crippen LogP contribution in [0.5, 0.6) is 5.75 Å². The van der Waals surface area contributed by atoms with Crippen LogP contribution in [0.1, 0.15) is 44.1 Å². The van der Waals surface area contributed by atoms with E-state index in [0.29, 0.717) is 5.92 Å². The van der Waals surface area contributed by atoms with Crippen molar-refractivity contribution in [2.24, 2.45) is 16.6 Å². The first-order valence-electron chi connectivity index (χ1n) is 10.6. The lowest BCUT2D eigenvalue weighted by molar-refractivity contribution is -0.123. The molecule has 0 saturated carbocycles. The SMILES string of the molecule is CN=C(NCCCN1CCCC(C(N)=O)C1)NCCC(C)c1ccc(OC)cc1. The minimum atomic E-state index is -0.165. The van der Waals surface area contributed by atoms with E-state index in [-0.39, 0.29) is 11.8 Å². The van der Waals surface area contributed by atoms with Crippen LogP contribution in [0.4, 0.5) is 0 Å². The van der Waals surface area contributed by atoms with Gasteiger partial charge < -0.3 is 26.0 Å². The second-order valence-electron chi connectivity index (χ2n) is 7.78. The smallest absolute Gasteiger partial charge is 0.221 e. The highest BCUT2D eigenvalue weighted by molar-refractivity contribution is 5.79. The summed E-state index contributed by atoms with van der Waals surface area (Å²) in [6, 6.07) is 8.27. The van der Waals surface area contributed by atoms with Crippen molar-refractivity contribution in [1.82, 2.24) is 15.5 Å². The van der Waals surface area contributed by atoms with Gasteiger partial charge in [0, 0.05) is 26.7 Å². The summed E-state index contributed by atoms with van der Waals surface area (Å²) < 4.78 is 5.22. The topological polar surface area (TPSA) is 92.0 Å². The Morgan fingerprint density at radius 1 is 1.31 bits per heavy atom. The number of benzene rings is 1. The van der Waals surface area contributed by atoms with E-state index in [1.807, 2.05) is 12.1 Å². The van der Waals surface area contributed by atoms with Crippen molar-refractivity contribution in [1.29, 1.82) is 0 Å². The van der Waals surface area contributed by atoms with Crippen LogP contribution in [-0.2, 0) is 4.79 Å². The summed E-state index contributed by atoms with van der Waals surface area (Å²) in [6.45, 7) is 6.77. The Bertz CT molecular complexity index is 647. The van der Waals surface area contributed by atoms with Crippen molar-refractivity contribution >= 4 is 11.9 Å². The number of primary amides is 1. The number of aliphatic imine (C=N–C) groups is 1. The molecule has 4 N–H and O–H groups in total. The Morgan fingerprint density at radius 3 is 2.69 bits per heavy atom. The number of carbonyl (C=O) groups is 1. The number of rotatable bonds is 10. The van der Waals surface area contributed by atoms with Crippen molar-refractivity contribution in [2.75, 3.05) is 46.9 Å². The first-order chi connectivity index (χ1) is 14.0. The Hall–Kier alpha value is -2.28. The summed E-state index contributed by atoms with van der Waals surface area (Å²) in [5, 5.41) is 6.77. The largest absolute Gasteiger partial charge is 0.497 e. The molecular formula is C22H37N5O2. The number of piperidine rings is 1. The number of nitrogens with two attached hydrogens (primary N) is 1. The Labute approximate surface area is 175 Å². The highest BCUT2D eigenvalue weighted by Gasteiger charge is 2.23. The Kier molecular flexibility index (Phi) is 9.77. The lowest BCUT2D eigenvalue weighted by Crippen LogP contribution is -2.43. The molecule has 1 aromatic rings. The highest BCUT2D eigenvalue weighted by Crippen LogP contribution is 2.21. The van der Waals surface area contributed by atoms with Gasteiger partial charge in [0.1, 0.15) is 5.75 Å². The highest BCUT2D eigenvalue weighted by atomic mass is 16.5. The van der Waals surface area contributed by atoms with Crippen LogP contribution in [0.3, 0.4) is 0 Å². The first-order valence-corrected chi connectivity index (χ1v) is 10.6. The van der Waals surface area contributed by atoms with Crippen molar-refractivity contribution in [3.05, 3.63) is 29.8 Å². The number of ether oxygens (including phenoxy) is 1. The molecule has 7 nitrogen and oxygen atoms in total. The van der Waals surface area contributed by atoms with Gasteiger partial charge >= 0.3 is 0 Å². The lowest BCUT2D eigenvalue weighted by Gasteiger charge is -2.31. The van der Waals surface area contributed by atoms with Gasteiger partial charge in [0.05, 0.1) is 13.0 Å². The van der Waals surface area contributed by atoms with Gasteiger partial charge in [0.2, 0.25) is 5.91 Å². The molecule has 0 bridgehead atoms. The molecule has 1 heterocycles. The molecule has 0 spiro atoms. The summed E-state index contributed by atoms with van der Waals surface area (Å²) >= 11 is 0. The summed E-state index contributed by atoms with van der Waals surface area (Å²) in [5.41, 5.74) is 6.76. The second kappa shape index (κ2) is 12.3. The fraction of sp³-hybridized carbons (Fsp3) is 0.636. The van der Waals surface area contributed by atoms with Crippen LogP contribution in [0.25, 0.3) is 0 Å². The molecule has 1 aromatic carbocycles. The van der Waals surface area contributed by atoms with Gasteiger partial charge in [-0.25, -0.2) is 0 Å². The van der Waals surface area contributed by atoms with Crippen LogP contribution < -0.4 is 21.1 Å². The van der Waals surface area contributed by atoms with Crippen LogP contribution in [0, 0.1) is 5.92 Å². The molecule has 2 rings (SSSR count). The Morgan fingerprint density at radius 2 is 2.03 bits per heavy atom. The zero-order valence-corrected chi connectivity index (χ0v) is 18.1. The zero-order chi connectivity index (χ0) is 21.1. The van der Waals surface area contributed by atoms with Gasteiger partial charge in [-0.3, -0.25) is 9.79 Å². The van der Waals surface area contributed by atoms with Gasteiger partial charge in [0.25, 0.3) is 0 Å². The van der Waals surface area contributed by atoms with E-state index in [9.17, 15) is 4.79 Å². The Balaban J connectivity index is 1.61. The molecule has 1 aliphatic rings. The second-order valence-corrected chi connectivity index (χ2v) is 7.78. The van der Waals surface area contributed by atoms with E-state index in [1.165, 1.54) is 5.56 Å². The maximum atomic E-state index is 11.4. The van der Waals surface area contributed by atoms with E-state index in [1.54, 1.807) is 14.2 Å². The average Bonchev–Trinajstić information content (AvgIpc) is 2.75. The summed E-state index contributed by atoms with van der Waals surface area (Å²) in [4.78, 5) is 18.0. The number of methoxy groups -OCH3 is 1. The molecule has 0 aromatic heterocycles. The number of carbonyl (C=O) groups excluding carboxylic acids is 1. The van der Waals surface area contributed by atoms with E-state index in [0.717, 1.165) is 70.1 Å². The summed E-state index contributed by atoms with van der Waals surface area (Å²) in [7, 11) is 3.48. The molecule has 1 fully saturated rings. The third kappa shape index (κ3) is 7.93. The number of amides is 1. The molecule has 162 valence electrons. The van der Waals surface area contributed by atoms with Gasteiger partial charge in [-0.1, -0.05) is 19.1 Å². The normalized spacial score (nSPS) is 18.9. The quantitative estimate of drug-likeness (QED) is 0.315. The van der Waals surface area contributed by atoms with E-state index in [4.69, 9.17) is 10.5 Å². The van der Waals surface area contributed by atoms with Crippen LogP contribution in [-0.4, -0.2) is 63.6 Å². The molecule has 1 saturated heterocycles. The number of nitrogens with zero attached hydrogens (tertiary/aromatic N) is 2. The maximum Gasteiger partial charge on any atom is 0.221 e. The van der Waals surface area contributed by atoms with E-state index >= 15 is 0 Å². The fourth-order valence-corrected chi connectivity index (χ4v) is 3.73. The molecule has 0 aliphatic carbocycles. The molecule has 29 heavy (non-hydrogen) atoms. The minimum Gasteiger partial charge on any atom is -0.497 e. The number of likely N-dealkylation sites (tertiary alicyclic amines) is 1. The summed E-state index contributed by atoms with van der Waals surface area (Å²) in [5.74, 6) is 2.03. The number of hydrogen-bond donors (Lipinski definition) is 3. The standard InChI is InChI=1S/C22H37N5O2/c1-17(18-7-9-20(29-3)10-8-18)11-13-26-22(24-2)25-12-5-15-27-14-4-6-19(16-27)21(23)28/h7-10,17,19H,4-6,11-16H2,1-3H3,(H2,23,28)(H2,24,25,26). The number of guanidine groups is 1. The molecule has 2 unspecified atom stereocenters. The molecule has 1 aliphatic heterocycles. The van der Waals surface area contributed by atoms with E-state index < -0.39 is 0 Å². The number of hydrogen-bond acceptors (Lipinski definition) is 4.